The van der Waals surface area contributed by atoms with Crippen molar-refractivity contribution in [1.82, 2.24) is 0 Å². The van der Waals surface area contributed by atoms with Crippen LogP contribution in [0.4, 0.5) is 13.2 Å². The van der Waals surface area contributed by atoms with Gasteiger partial charge in [0.15, 0.2) is 0 Å². The Labute approximate surface area is 87.0 Å². The van der Waals surface area contributed by atoms with Crippen molar-refractivity contribution < 1.29 is 17.9 Å². The summed E-state index contributed by atoms with van der Waals surface area (Å²) in [4.78, 5) is 0. The van der Waals surface area contributed by atoms with Gasteiger partial charge in [-0.3, -0.25) is 0 Å². The van der Waals surface area contributed by atoms with Crippen molar-refractivity contribution in [3.8, 4) is 0 Å². The molecule has 1 heterocycles. The number of ether oxygens (including phenoxy) is 1. The number of nitrogens with two attached hydrogens (primary N) is 1. The van der Waals surface area contributed by atoms with Crippen molar-refractivity contribution in [1.29, 1.82) is 0 Å². The Kier molecular flexibility index (Phi) is 2.71. The zero-order chi connectivity index (χ0) is 11.2. The maximum Gasteiger partial charge on any atom is 0.391 e. The molecule has 1 aliphatic heterocycles. The smallest absolute Gasteiger partial charge is 0.378 e. The molecule has 15 heavy (non-hydrogen) atoms. The lowest BCUT2D eigenvalue weighted by Gasteiger charge is -2.37. The minimum absolute atomic E-state index is 0.0539. The van der Waals surface area contributed by atoms with Crippen LogP contribution in [0, 0.1) is 17.8 Å². The highest BCUT2D eigenvalue weighted by Gasteiger charge is 2.51. The average molecular weight is 223 g/mol. The molecule has 2 rings (SSSR count). The highest BCUT2D eigenvalue weighted by Crippen LogP contribution is 2.44. The van der Waals surface area contributed by atoms with E-state index in [1.54, 1.807) is 0 Å². The average Bonchev–Trinajstić information content (AvgIpc) is 2.46. The molecule has 88 valence electrons. The van der Waals surface area contributed by atoms with Gasteiger partial charge in [-0.1, -0.05) is 6.92 Å². The summed E-state index contributed by atoms with van der Waals surface area (Å²) < 4.78 is 43.1. The monoisotopic (exact) mass is 223 g/mol. The highest BCUT2D eigenvalue weighted by molar-refractivity contribution is 4.96. The van der Waals surface area contributed by atoms with Crippen LogP contribution in [0.5, 0.6) is 0 Å². The fourth-order valence-electron chi connectivity index (χ4n) is 2.92. The standard InChI is InChI=1S/C10H16F3NO/c1-5-4-15-8-3-6(10(11,12)13)2-7(14)9(5)8/h5-9H,2-4,14H2,1H3/t5-,6-,7+,8-,9-/m1/s1. The molecule has 1 aliphatic carbocycles. The van der Waals surface area contributed by atoms with Crippen LogP contribution in [0.15, 0.2) is 0 Å². The molecule has 2 aliphatic rings. The minimum Gasteiger partial charge on any atom is -0.378 e. The normalized spacial score (nSPS) is 46.6. The second kappa shape index (κ2) is 3.63. The van der Waals surface area contributed by atoms with Crippen LogP contribution in [0.1, 0.15) is 19.8 Å². The van der Waals surface area contributed by atoms with Crippen LogP contribution in [0.3, 0.4) is 0 Å². The Hall–Kier alpha value is -0.290. The molecule has 5 heteroatoms. The molecule has 0 bridgehead atoms. The molecule has 2 N–H and O–H groups in total. The molecule has 0 radical (unpaired) electrons. The van der Waals surface area contributed by atoms with Crippen molar-refractivity contribution in [2.45, 2.75) is 38.1 Å². The maximum absolute atomic E-state index is 12.6. The summed E-state index contributed by atoms with van der Waals surface area (Å²) >= 11 is 0. The molecule has 0 aromatic rings. The van der Waals surface area contributed by atoms with E-state index in [0.717, 1.165) is 0 Å². The molecule has 2 fully saturated rings. The summed E-state index contributed by atoms with van der Waals surface area (Å²) in [5.41, 5.74) is 5.82. The first-order valence-electron chi connectivity index (χ1n) is 5.33. The zero-order valence-electron chi connectivity index (χ0n) is 8.63. The predicted octanol–water partition coefficient (Wildman–Crippen LogP) is 1.94. The molecule has 1 saturated heterocycles. The van der Waals surface area contributed by atoms with Gasteiger partial charge >= 0.3 is 6.18 Å². The van der Waals surface area contributed by atoms with Gasteiger partial charge in [0.2, 0.25) is 0 Å². The number of halogens is 3. The van der Waals surface area contributed by atoms with Crippen molar-refractivity contribution in [2.24, 2.45) is 23.5 Å². The fraction of sp³-hybridized carbons (Fsp3) is 1.00. The van der Waals surface area contributed by atoms with Crippen LogP contribution < -0.4 is 5.73 Å². The lowest BCUT2D eigenvalue weighted by molar-refractivity contribution is -0.194. The van der Waals surface area contributed by atoms with Crippen LogP contribution in [0.25, 0.3) is 0 Å². The Morgan fingerprint density at radius 1 is 1.27 bits per heavy atom. The van der Waals surface area contributed by atoms with Gasteiger partial charge in [-0.2, -0.15) is 13.2 Å². The third-order valence-electron chi connectivity index (χ3n) is 3.69. The van der Waals surface area contributed by atoms with Gasteiger partial charge in [0.05, 0.1) is 12.0 Å². The van der Waals surface area contributed by atoms with Gasteiger partial charge < -0.3 is 10.5 Å². The highest BCUT2D eigenvalue weighted by atomic mass is 19.4. The van der Waals surface area contributed by atoms with E-state index in [4.69, 9.17) is 10.5 Å². The summed E-state index contributed by atoms with van der Waals surface area (Å²) in [6.07, 6.45) is -4.27. The van der Waals surface area contributed by atoms with Gasteiger partial charge in [-0.05, 0) is 18.8 Å². The first-order valence-corrected chi connectivity index (χ1v) is 5.33. The largest absolute Gasteiger partial charge is 0.391 e. The van der Waals surface area contributed by atoms with E-state index in [2.05, 4.69) is 0 Å². The number of hydrogen-bond acceptors (Lipinski definition) is 2. The van der Waals surface area contributed by atoms with Crippen LogP contribution in [-0.4, -0.2) is 24.9 Å². The van der Waals surface area contributed by atoms with Gasteiger partial charge in [0.25, 0.3) is 0 Å². The second-order valence-electron chi connectivity index (χ2n) is 4.80. The number of hydrogen-bond donors (Lipinski definition) is 1. The van der Waals surface area contributed by atoms with Crippen molar-refractivity contribution in [3.63, 3.8) is 0 Å². The van der Waals surface area contributed by atoms with E-state index in [1.807, 2.05) is 6.92 Å². The molecule has 1 saturated carbocycles. The molecule has 0 amide bonds. The SMILES string of the molecule is C[C@@H]1CO[C@@H]2C[C@H](C(F)(F)F)C[C@H](N)[C@@H]12. The lowest BCUT2D eigenvalue weighted by Crippen LogP contribution is -2.48. The maximum atomic E-state index is 12.6. The molecule has 5 atom stereocenters. The molecule has 2 nitrogen and oxygen atoms in total. The molecule has 0 aromatic carbocycles. The number of fused-ring (bicyclic) bond motifs is 1. The van der Waals surface area contributed by atoms with Crippen molar-refractivity contribution in [2.75, 3.05) is 6.61 Å². The first-order chi connectivity index (χ1) is 6.89. The van der Waals surface area contributed by atoms with Crippen LogP contribution in [-0.2, 0) is 4.74 Å². The third kappa shape index (κ3) is 1.99. The Balaban J connectivity index is 2.09. The first kappa shape index (κ1) is 11.2. The minimum atomic E-state index is -4.13. The van der Waals surface area contributed by atoms with Gasteiger partial charge in [0, 0.05) is 18.6 Å². The summed E-state index contributed by atoms with van der Waals surface area (Å²) in [5, 5.41) is 0. The molecular formula is C10H16F3NO. The van der Waals surface area contributed by atoms with Crippen LogP contribution in [0.2, 0.25) is 0 Å². The molecule has 0 unspecified atom stereocenters. The van der Waals surface area contributed by atoms with Crippen molar-refractivity contribution >= 4 is 0 Å². The second-order valence-corrected chi connectivity index (χ2v) is 4.80. The summed E-state index contributed by atoms with van der Waals surface area (Å²) in [6, 6.07) is -0.368. The summed E-state index contributed by atoms with van der Waals surface area (Å²) in [6.45, 7) is 2.55. The Morgan fingerprint density at radius 3 is 2.53 bits per heavy atom. The van der Waals surface area contributed by atoms with Crippen LogP contribution >= 0.6 is 0 Å². The van der Waals surface area contributed by atoms with Gasteiger partial charge in [-0.25, -0.2) is 0 Å². The van der Waals surface area contributed by atoms with Gasteiger partial charge in [0.1, 0.15) is 0 Å². The molecule has 0 spiro atoms. The fourth-order valence-corrected chi connectivity index (χ4v) is 2.92. The predicted molar refractivity (Wildman–Crippen MR) is 49.1 cm³/mol. The van der Waals surface area contributed by atoms with E-state index in [-0.39, 0.29) is 30.9 Å². The molecule has 0 aromatic heterocycles. The van der Waals surface area contributed by atoms with Gasteiger partial charge in [-0.15, -0.1) is 0 Å². The summed E-state index contributed by atoms with van der Waals surface area (Å²) in [7, 11) is 0. The number of rotatable bonds is 0. The molecular weight excluding hydrogens is 207 g/mol. The van der Waals surface area contributed by atoms with E-state index in [1.165, 1.54) is 0 Å². The zero-order valence-corrected chi connectivity index (χ0v) is 8.63. The van der Waals surface area contributed by atoms with E-state index < -0.39 is 12.1 Å². The van der Waals surface area contributed by atoms with E-state index >= 15 is 0 Å². The van der Waals surface area contributed by atoms with Crippen molar-refractivity contribution in [3.05, 3.63) is 0 Å². The lowest BCUT2D eigenvalue weighted by atomic mass is 9.73. The van der Waals surface area contributed by atoms with E-state index in [9.17, 15) is 13.2 Å². The van der Waals surface area contributed by atoms with E-state index in [0.29, 0.717) is 12.5 Å². The Bertz CT molecular complexity index is 243. The Morgan fingerprint density at radius 2 is 1.93 bits per heavy atom. The quantitative estimate of drug-likeness (QED) is 0.681. The third-order valence-corrected chi connectivity index (χ3v) is 3.69. The number of alkyl halides is 3. The topological polar surface area (TPSA) is 35.2 Å². The summed E-state index contributed by atoms with van der Waals surface area (Å²) in [5.74, 6) is -0.873.